The minimum absolute atomic E-state index is 0.0285. The van der Waals surface area contributed by atoms with Crippen LogP contribution in [0.3, 0.4) is 0 Å². The monoisotopic (exact) mass is 364 g/mol. The van der Waals surface area contributed by atoms with E-state index in [1.165, 1.54) is 18.4 Å². The predicted molar refractivity (Wildman–Crippen MR) is 91.5 cm³/mol. The second-order valence-electron chi connectivity index (χ2n) is 7.53. The van der Waals surface area contributed by atoms with Crippen LogP contribution in [-0.4, -0.2) is 71.2 Å². The molecule has 2 aliphatic heterocycles. The summed E-state index contributed by atoms with van der Waals surface area (Å²) in [5.41, 5.74) is 4.42. The van der Waals surface area contributed by atoms with Crippen molar-refractivity contribution in [3.8, 4) is 0 Å². The Kier molecular flexibility index (Phi) is 5.05. The Morgan fingerprint density at radius 2 is 2.04 bits per heavy atom. The van der Waals surface area contributed by atoms with Crippen LogP contribution in [0, 0.1) is 12.3 Å². The normalized spacial score (nSPS) is 27.8. The second-order valence-corrected chi connectivity index (χ2v) is 7.53. The molecule has 2 N–H and O–H groups in total. The number of methoxy groups -OCH3 is 1. The highest BCUT2D eigenvalue weighted by Crippen LogP contribution is 2.40. The number of likely N-dealkylation sites (tertiary alicyclic amines) is 2. The standard InChI is InChI=1S/C18H26N3O5/c1-11(16(19)24)4-5-14(23)20-9-6-12-15(20)13(22)10-21(12)17(25)18(26-2)7-3-8-18/h5,11-12,15H,3-4,6-10H2,1-2H3,(H2,19,24). The number of hydrogen-bond donors (Lipinski definition) is 1. The van der Waals surface area contributed by atoms with E-state index in [9.17, 15) is 19.2 Å². The number of fused-ring (bicyclic) bond motifs is 1. The minimum atomic E-state index is -0.796. The molecular formula is C18H26N3O5. The van der Waals surface area contributed by atoms with Crippen LogP contribution >= 0.6 is 0 Å². The first-order chi connectivity index (χ1) is 12.3. The lowest BCUT2D eigenvalue weighted by Gasteiger charge is -2.42. The maximum absolute atomic E-state index is 12.9. The molecule has 0 aromatic heterocycles. The average molecular weight is 364 g/mol. The first kappa shape index (κ1) is 18.8. The van der Waals surface area contributed by atoms with E-state index in [2.05, 4.69) is 0 Å². The van der Waals surface area contributed by atoms with Gasteiger partial charge in [0.15, 0.2) is 5.78 Å². The lowest BCUT2D eigenvalue weighted by molar-refractivity contribution is -0.167. The van der Waals surface area contributed by atoms with Crippen molar-refractivity contribution < 1.29 is 23.9 Å². The van der Waals surface area contributed by atoms with Gasteiger partial charge in [0.2, 0.25) is 11.8 Å². The Bertz CT molecular complexity index is 625. The third-order valence-corrected chi connectivity index (χ3v) is 6.04. The maximum Gasteiger partial charge on any atom is 0.255 e. The average Bonchev–Trinajstić information content (AvgIpc) is 3.13. The van der Waals surface area contributed by atoms with Crippen molar-refractivity contribution in [2.75, 3.05) is 20.2 Å². The lowest BCUT2D eigenvalue weighted by Crippen LogP contribution is -2.56. The highest BCUT2D eigenvalue weighted by Gasteiger charge is 2.56. The van der Waals surface area contributed by atoms with Gasteiger partial charge in [0, 0.05) is 19.6 Å². The van der Waals surface area contributed by atoms with Crippen LogP contribution in [0.15, 0.2) is 0 Å². The van der Waals surface area contributed by atoms with Crippen LogP contribution < -0.4 is 5.73 Å². The number of carbonyl (C=O) groups is 4. The fraction of sp³-hybridized carbons (Fsp3) is 0.722. The van der Waals surface area contributed by atoms with Gasteiger partial charge in [-0.1, -0.05) is 6.92 Å². The van der Waals surface area contributed by atoms with Gasteiger partial charge in [0.05, 0.1) is 19.0 Å². The Morgan fingerprint density at radius 3 is 2.58 bits per heavy atom. The van der Waals surface area contributed by atoms with Gasteiger partial charge < -0.3 is 20.3 Å². The van der Waals surface area contributed by atoms with Crippen LogP contribution in [0.4, 0.5) is 0 Å². The number of hydrogen-bond acceptors (Lipinski definition) is 5. The van der Waals surface area contributed by atoms with E-state index in [0.717, 1.165) is 6.42 Å². The van der Waals surface area contributed by atoms with Crippen molar-refractivity contribution >= 4 is 23.5 Å². The summed E-state index contributed by atoms with van der Waals surface area (Å²) in [6, 6.07) is -0.880. The zero-order chi connectivity index (χ0) is 19.1. The number of nitrogens with zero attached hydrogens (tertiary/aromatic N) is 2. The predicted octanol–water partition coefficient (Wildman–Crippen LogP) is -0.348. The molecule has 3 rings (SSSR count). The van der Waals surface area contributed by atoms with Crippen molar-refractivity contribution in [1.29, 1.82) is 0 Å². The van der Waals surface area contributed by atoms with Crippen LogP contribution in [0.5, 0.6) is 0 Å². The number of ether oxygens (including phenoxy) is 1. The second kappa shape index (κ2) is 6.98. The molecule has 2 saturated heterocycles. The van der Waals surface area contributed by atoms with E-state index in [1.807, 2.05) is 0 Å². The molecule has 3 atom stereocenters. The summed E-state index contributed by atoms with van der Waals surface area (Å²) in [6.45, 7) is 2.11. The highest BCUT2D eigenvalue weighted by molar-refractivity contribution is 6.00. The number of carbonyl (C=O) groups excluding carboxylic acids is 4. The number of ketones is 1. The van der Waals surface area contributed by atoms with Gasteiger partial charge in [0.25, 0.3) is 5.91 Å². The summed E-state index contributed by atoms with van der Waals surface area (Å²) in [4.78, 5) is 52.2. The van der Waals surface area contributed by atoms with Crippen LogP contribution in [-0.2, 0) is 23.9 Å². The molecule has 0 aromatic carbocycles. The van der Waals surface area contributed by atoms with Crippen molar-refractivity contribution in [2.45, 2.75) is 56.7 Å². The SMILES string of the molecule is COC1(C(=O)N2CC(=O)C3C2CCN3C(=O)[CH]CC(C)C(N)=O)CCC1. The van der Waals surface area contributed by atoms with Crippen molar-refractivity contribution in [3.63, 3.8) is 0 Å². The van der Waals surface area contributed by atoms with Gasteiger partial charge in [-0.05, 0) is 32.1 Å². The van der Waals surface area contributed by atoms with E-state index in [-0.39, 0.29) is 36.6 Å². The summed E-state index contributed by atoms with van der Waals surface area (Å²) < 4.78 is 5.46. The minimum Gasteiger partial charge on any atom is -0.369 e. The van der Waals surface area contributed by atoms with Crippen LogP contribution in [0.1, 0.15) is 39.0 Å². The molecule has 3 amide bonds. The highest BCUT2D eigenvalue weighted by atomic mass is 16.5. The Hall–Kier alpha value is -1.96. The van der Waals surface area contributed by atoms with Gasteiger partial charge >= 0.3 is 0 Å². The largest absolute Gasteiger partial charge is 0.369 e. The molecule has 1 radical (unpaired) electrons. The fourth-order valence-electron chi connectivity index (χ4n) is 4.11. The van der Waals surface area contributed by atoms with E-state index in [0.29, 0.717) is 25.8 Å². The lowest BCUT2D eigenvalue weighted by atomic mass is 9.78. The van der Waals surface area contributed by atoms with Gasteiger partial charge in [-0.2, -0.15) is 0 Å². The van der Waals surface area contributed by atoms with Crippen molar-refractivity contribution in [3.05, 3.63) is 6.42 Å². The number of Topliss-reactive ketones (excluding diaryl/α,β-unsaturated/α-hetero) is 1. The quantitative estimate of drug-likeness (QED) is 0.693. The van der Waals surface area contributed by atoms with E-state index >= 15 is 0 Å². The van der Waals surface area contributed by atoms with E-state index in [1.54, 1.807) is 11.8 Å². The zero-order valence-corrected chi connectivity index (χ0v) is 15.3. The number of primary amides is 1. The summed E-state index contributed by atoms with van der Waals surface area (Å²) in [7, 11) is 1.53. The zero-order valence-electron chi connectivity index (χ0n) is 15.3. The van der Waals surface area contributed by atoms with Gasteiger partial charge in [-0.25, -0.2) is 0 Å². The molecule has 143 valence electrons. The molecule has 26 heavy (non-hydrogen) atoms. The maximum atomic E-state index is 12.9. The molecule has 0 aromatic rings. The molecular weight excluding hydrogens is 338 g/mol. The summed E-state index contributed by atoms with van der Waals surface area (Å²) in [5.74, 6) is -1.43. The molecule has 0 spiro atoms. The first-order valence-electron chi connectivity index (χ1n) is 9.13. The fourth-order valence-corrected chi connectivity index (χ4v) is 4.11. The van der Waals surface area contributed by atoms with Gasteiger partial charge in [0.1, 0.15) is 11.6 Å². The Labute approximate surface area is 153 Å². The van der Waals surface area contributed by atoms with Crippen molar-refractivity contribution in [1.82, 2.24) is 9.80 Å². The Morgan fingerprint density at radius 1 is 1.35 bits per heavy atom. The number of amides is 3. The summed E-state index contributed by atoms with van der Waals surface area (Å²) in [5, 5.41) is 0. The molecule has 8 nitrogen and oxygen atoms in total. The molecule has 0 bridgehead atoms. The smallest absolute Gasteiger partial charge is 0.255 e. The van der Waals surface area contributed by atoms with Crippen LogP contribution in [0.2, 0.25) is 0 Å². The topological polar surface area (TPSA) is 110 Å². The number of nitrogens with two attached hydrogens (primary N) is 1. The molecule has 3 fully saturated rings. The third kappa shape index (κ3) is 3.00. The van der Waals surface area contributed by atoms with E-state index < -0.39 is 23.5 Å². The molecule has 1 aliphatic carbocycles. The molecule has 2 heterocycles. The Balaban J connectivity index is 1.66. The summed E-state index contributed by atoms with van der Waals surface area (Å²) >= 11 is 0. The molecule has 8 heteroatoms. The molecule has 3 unspecified atom stereocenters. The molecule has 3 aliphatic rings. The number of rotatable bonds is 6. The first-order valence-corrected chi connectivity index (χ1v) is 9.13. The van der Waals surface area contributed by atoms with Gasteiger partial charge in [-0.3, -0.25) is 19.2 Å². The summed E-state index contributed by atoms with van der Waals surface area (Å²) in [6.07, 6.45) is 4.52. The van der Waals surface area contributed by atoms with Crippen molar-refractivity contribution in [2.24, 2.45) is 11.7 Å². The van der Waals surface area contributed by atoms with Gasteiger partial charge in [-0.15, -0.1) is 0 Å². The molecule has 1 saturated carbocycles. The third-order valence-electron chi connectivity index (χ3n) is 6.04. The van der Waals surface area contributed by atoms with E-state index in [4.69, 9.17) is 10.5 Å². The van der Waals surface area contributed by atoms with Crippen LogP contribution in [0.25, 0.3) is 0 Å².